The van der Waals surface area contributed by atoms with E-state index in [2.05, 4.69) is 10.2 Å². The highest BCUT2D eigenvalue weighted by atomic mass is 35.5. The maximum absolute atomic E-state index is 10.5. The number of amidine groups is 2. The number of phenols is 2. The number of halogens is 1. The van der Waals surface area contributed by atoms with E-state index < -0.39 is 6.04 Å². The van der Waals surface area contributed by atoms with Crippen LogP contribution in [0.5, 0.6) is 11.5 Å². The van der Waals surface area contributed by atoms with Gasteiger partial charge in [0.25, 0.3) is 0 Å². The molecule has 1 aromatic heterocycles. The molecule has 0 unspecified atom stereocenters. The number of phenolic OH excluding ortho intramolecular Hbond substituents is 2. The number of hydrogen-bond donors (Lipinski definition) is 3. The van der Waals surface area contributed by atoms with Gasteiger partial charge in [-0.05, 0) is 73.5 Å². The van der Waals surface area contributed by atoms with E-state index in [0.29, 0.717) is 22.5 Å². The first-order valence-electron chi connectivity index (χ1n) is 13.1. The summed E-state index contributed by atoms with van der Waals surface area (Å²) in [6.07, 6.45) is 0. The van der Waals surface area contributed by atoms with Crippen molar-refractivity contribution in [3.05, 3.63) is 118 Å². The van der Waals surface area contributed by atoms with Crippen LogP contribution in [0.1, 0.15) is 28.4 Å². The van der Waals surface area contributed by atoms with Crippen molar-refractivity contribution in [1.82, 2.24) is 9.78 Å². The van der Waals surface area contributed by atoms with Crippen LogP contribution in [0.4, 0.5) is 22.9 Å². The molecule has 3 N–H and O–H groups in total. The fourth-order valence-corrected chi connectivity index (χ4v) is 5.56. The molecule has 41 heavy (non-hydrogen) atoms. The first kappa shape index (κ1) is 24.9. The summed E-state index contributed by atoms with van der Waals surface area (Å²) in [5.74, 6) is 1.40. The van der Waals surface area contributed by atoms with Crippen molar-refractivity contribution in [2.75, 3.05) is 10.2 Å². The third-order valence-electron chi connectivity index (χ3n) is 7.39. The van der Waals surface area contributed by atoms with E-state index in [1.165, 1.54) is 6.07 Å². The number of benzene rings is 4. The third-order valence-corrected chi connectivity index (χ3v) is 7.80. The number of para-hydroxylation sites is 3. The van der Waals surface area contributed by atoms with Gasteiger partial charge in [0.1, 0.15) is 0 Å². The average molecular weight is 561 g/mol. The molecule has 0 saturated heterocycles. The molecule has 8 nitrogen and oxygen atoms in total. The number of nitrogens with one attached hydrogen (secondary N) is 1. The lowest BCUT2D eigenvalue weighted by Gasteiger charge is -2.40. The van der Waals surface area contributed by atoms with Crippen LogP contribution in [0.15, 0.2) is 101 Å². The quantitative estimate of drug-likeness (QED) is 0.200. The average Bonchev–Trinajstić information content (AvgIpc) is 3.32. The second kappa shape index (κ2) is 9.53. The SMILES string of the molecule is Cc1ccc(NC2=Nc3ccccc3N3C2=Nc2c(c(C)nn2-c2ccccc2)[C@H]3c2ccc(O)c(O)c2)cc1Cl. The van der Waals surface area contributed by atoms with Crippen LogP contribution in [0.3, 0.4) is 0 Å². The van der Waals surface area contributed by atoms with Gasteiger partial charge in [0.15, 0.2) is 29.0 Å². The normalized spacial score (nSPS) is 15.4. The standard InChI is InChI=1S/C32H25ClN6O2/c1-18-12-14-21(17-23(18)33)34-30-32-36-31-28(19(2)37-39(31)22-8-4-3-5-9-22)29(20-13-15-26(40)27(41)16-20)38(32)25-11-7-6-10-24(25)35-30/h3-17,29,40-41H,1-2H3,(H,34,35)/t29-/m1/s1. The summed E-state index contributed by atoms with van der Waals surface area (Å²) in [7, 11) is 0. The molecule has 4 aromatic carbocycles. The van der Waals surface area contributed by atoms with E-state index in [4.69, 9.17) is 26.7 Å². The molecule has 5 aromatic rings. The molecule has 0 saturated carbocycles. The Labute approximate surface area is 241 Å². The molecule has 0 bridgehead atoms. The lowest BCUT2D eigenvalue weighted by molar-refractivity contribution is 0.403. The van der Waals surface area contributed by atoms with Crippen molar-refractivity contribution >= 4 is 46.2 Å². The summed E-state index contributed by atoms with van der Waals surface area (Å²) in [5, 5.41) is 29.7. The van der Waals surface area contributed by atoms with Gasteiger partial charge in [0, 0.05) is 16.3 Å². The smallest absolute Gasteiger partial charge is 0.179 e. The zero-order chi connectivity index (χ0) is 28.2. The number of aromatic nitrogens is 2. The zero-order valence-corrected chi connectivity index (χ0v) is 23.0. The zero-order valence-electron chi connectivity index (χ0n) is 22.2. The third kappa shape index (κ3) is 4.11. The van der Waals surface area contributed by atoms with Gasteiger partial charge >= 0.3 is 0 Å². The Hall–Kier alpha value is -5.08. The fraction of sp³-hybridized carbons (Fsp3) is 0.0938. The predicted octanol–water partition coefficient (Wildman–Crippen LogP) is 7.35. The van der Waals surface area contributed by atoms with Crippen molar-refractivity contribution in [3.63, 3.8) is 0 Å². The summed E-state index contributed by atoms with van der Waals surface area (Å²) >= 11 is 6.46. The molecule has 9 heteroatoms. The van der Waals surface area contributed by atoms with Gasteiger partial charge < -0.3 is 20.4 Å². The summed E-state index contributed by atoms with van der Waals surface area (Å²) in [6.45, 7) is 3.92. The number of aromatic hydroxyl groups is 2. The number of aryl methyl sites for hydroxylation is 2. The van der Waals surface area contributed by atoms with E-state index in [-0.39, 0.29) is 11.5 Å². The van der Waals surface area contributed by atoms with Crippen molar-refractivity contribution in [1.29, 1.82) is 0 Å². The van der Waals surface area contributed by atoms with Crippen LogP contribution < -0.4 is 10.2 Å². The van der Waals surface area contributed by atoms with Gasteiger partial charge in [-0.3, -0.25) is 0 Å². The maximum atomic E-state index is 10.5. The Morgan fingerprint density at radius 2 is 1.61 bits per heavy atom. The molecular weight excluding hydrogens is 536 g/mol. The predicted molar refractivity (Wildman–Crippen MR) is 163 cm³/mol. The number of fused-ring (bicyclic) bond motifs is 4. The van der Waals surface area contributed by atoms with Gasteiger partial charge in [-0.2, -0.15) is 5.10 Å². The largest absolute Gasteiger partial charge is 0.504 e. The summed E-state index contributed by atoms with van der Waals surface area (Å²) in [5.41, 5.74) is 6.68. The highest BCUT2D eigenvalue weighted by Gasteiger charge is 2.41. The number of nitrogens with zero attached hydrogens (tertiary/aromatic N) is 5. The van der Waals surface area contributed by atoms with E-state index in [0.717, 1.165) is 45.1 Å². The van der Waals surface area contributed by atoms with Crippen LogP contribution in [0.25, 0.3) is 5.69 Å². The fourth-order valence-electron chi connectivity index (χ4n) is 5.38. The van der Waals surface area contributed by atoms with Crippen LogP contribution in [0.2, 0.25) is 5.02 Å². The second-order valence-corrected chi connectivity index (χ2v) is 10.5. The number of hydrogen-bond acceptors (Lipinski definition) is 7. The molecule has 2 aliphatic rings. The Balaban J connectivity index is 1.50. The Bertz CT molecular complexity index is 1900. The van der Waals surface area contributed by atoms with E-state index >= 15 is 0 Å². The summed E-state index contributed by atoms with van der Waals surface area (Å²) < 4.78 is 1.84. The maximum Gasteiger partial charge on any atom is 0.179 e. The van der Waals surface area contributed by atoms with Crippen molar-refractivity contribution < 1.29 is 10.2 Å². The van der Waals surface area contributed by atoms with Gasteiger partial charge in [0.2, 0.25) is 0 Å². The molecule has 0 fully saturated rings. The number of rotatable bonds is 3. The van der Waals surface area contributed by atoms with Gasteiger partial charge in [-0.15, -0.1) is 0 Å². The minimum Gasteiger partial charge on any atom is -0.504 e. The first-order valence-corrected chi connectivity index (χ1v) is 13.5. The number of aliphatic imine (C=N–C) groups is 2. The van der Waals surface area contributed by atoms with E-state index in [9.17, 15) is 10.2 Å². The molecule has 3 heterocycles. The van der Waals surface area contributed by atoms with Gasteiger partial charge in [0.05, 0.1) is 28.8 Å². The number of anilines is 2. The van der Waals surface area contributed by atoms with Crippen LogP contribution in [-0.4, -0.2) is 31.7 Å². The molecule has 0 aliphatic carbocycles. The highest BCUT2D eigenvalue weighted by Crippen LogP contribution is 2.49. The van der Waals surface area contributed by atoms with Crippen molar-refractivity contribution in [2.45, 2.75) is 19.9 Å². The van der Waals surface area contributed by atoms with Crippen LogP contribution in [-0.2, 0) is 0 Å². The monoisotopic (exact) mass is 560 g/mol. The Morgan fingerprint density at radius 1 is 0.829 bits per heavy atom. The molecular formula is C32H25ClN6O2. The highest BCUT2D eigenvalue weighted by molar-refractivity contribution is 6.51. The van der Waals surface area contributed by atoms with Gasteiger partial charge in [-0.1, -0.05) is 54.1 Å². The van der Waals surface area contributed by atoms with Crippen molar-refractivity contribution in [3.8, 4) is 17.2 Å². The Kier molecular flexibility index (Phi) is 5.80. The summed E-state index contributed by atoms with van der Waals surface area (Å²) in [6, 6.07) is 28.0. The molecule has 1 atom stereocenters. The summed E-state index contributed by atoms with van der Waals surface area (Å²) in [4.78, 5) is 12.3. The van der Waals surface area contributed by atoms with Gasteiger partial charge in [-0.25, -0.2) is 14.7 Å². The van der Waals surface area contributed by atoms with Crippen LogP contribution in [0, 0.1) is 13.8 Å². The minimum atomic E-state index is -0.434. The molecule has 2 aliphatic heterocycles. The second-order valence-electron chi connectivity index (χ2n) is 10.1. The lowest BCUT2D eigenvalue weighted by atomic mass is 9.93. The molecule has 0 radical (unpaired) electrons. The van der Waals surface area contributed by atoms with E-state index in [1.807, 2.05) is 97.4 Å². The topological polar surface area (TPSA) is 98.3 Å². The molecule has 202 valence electrons. The van der Waals surface area contributed by atoms with Crippen LogP contribution >= 0.6 is 11.6 Å². The lowest BCUT2D eigenvalue weighted by Crippen LogP contribution is -2.46. The van der Waals surface area contributed by atoms with Crippen molar-refractivity contribution in [2.24, 2.45) is 9.98 Å². The Morgan fingerprint density at radius 3 is 2.39 bits per heavy atom. The first-order chi connectivity index (χ1) is 19.9. The molecule has 0 spiro atoms. The minimum absolute atomic E-state index is 0.186. The molecule has 7 rings (SSSR count). The molecule has 0 amide bonds. The van der Waals surface area contributed by atoms with E-state index in [1.54, 1.807) is 6.07 Å².